The fourth-order valence-electron chi connectivity index (χ4n) is 4.78. The molecule has 2 aromatic carbocycles. The van der Waals surface area contributed by atoms with Crippen molar-refractivity contribution in [1.82, 2.24) is 14.7 Å². The molecule has 3 rings (SSSR count). The Bertz CT molecular complexity index is 1150. The van der Waals surface area contributed by atoms with Gasteiger partial charge in [-0.25, -0.2) is 9.59 Å². The maximum Gasteiger partial charge on any atom is 0.410 e. The van der Waals surface area contributed by atoms with E-state index in [1.54, 1.807) is 27.8 Å². The molecule has 0 bridgehead atoms. The van der Waals surface area contributed by atoms with Gasteiger partial charge in [0.05, 0.1) is 0 Å². The molecule has 0 spiro atoms. The first-order valence-corrected chi connectivity index (χ1v) is 13.2. The molecule has 3 atom stereocenters. The van der Waals surface area contributed by atoms with Gasteiger partial charge >= 0.3 is 12.1 Å². The summed E-state index contributed by atoms with van der Waals surface area (Å²) in [5.41, 5.74) is 0.920. The number of likely N-dealkylation sites (tertiary alicyclic amines) is 1. The van der Waals surface area contributed by atoms with E-state index >= 15 is 0 Å². The zero-order valence-electron chi connectivity index (χ0n) is 23.4. The molecule has 0 unspecified atom stereocenters. The Hall–Kier alpha value is -3.88. The lowest BCUT2D eigenvalue weighted by Crippen LogP contribution is -2.57. The molecule has 9 heteroatoms. The average molecular weight is 538 g/mol. The number of likely N-dealkylation sites (N-methyl/N-ethyl adjacent to an activating group) is 2. The number of benzene rings is 2. The molecule has 0 aromatic heterocycles. The van der Waals surface area contributed by atoms with Crippen molar-refractivity contribution in [2.75, 3.05) is 20.6 Å². The third-order valence-corrected chi connectivity index (χ3v) is 6.90. The predicted molar refractivity (Wildman–Crippen MR) is 147 cm³/mol. The smallest absolute Gasteiger partial charge is 0.410 e. The molecule has 0 saturated carbocycles. The van der Waals surface area contributed by atoms with Crippen molar-refractivity contribution in [1.29, 1.82) is 0 Å². The van der Waals surface area contributed by atoms with Gasteiger partial charge < -0.3 is 19.6 Å². The maximum absolute atomic E-state index is 14.1. The van der Waals surface area contributed by atoms with Crippen molar-refractivity contribution >= 4 is 23.9 Å². The molecule has 9 nitrogen and oxygen atoms in total. The lowest BCUT2D eigenvalue weighted by Gasteiger charge is -2.37. The van der Waals surface area contributed by atoms with Gasteiger partial charge in [-0.3, -0.25) is 14.5 Å². The largest absolute Gasteiger partial charge is 0.480 e. The molecule has 1 N–H and O–H groups in total. The lowest BCUT2D eigenvalue weighted by atomic mass is 10.00. The minimum atomic E-state index is -1.06. The highest BCUT2D eigenvalue weighted by Gasteiger charge is 2.41. The number of aliphatic carboxylic acids is 1. The van der Waals surface area contributed by atoms with Gasteiger partial charge in [-0.15, -0.1) is 0 Å². The van der Waals surface area contributed by atoms with Crippen LogP contribution in [0.1, 0.15) is 44.7 Å². The summed E-state index contributed by atoms with van der Waals surface area (Å²) in [6, 6.07) is 15.8. The Morgan fingerprint density at radius 1 is 0.897 bits per heavy atom. The number of ether oxygens (including phenoxy) is 1. The van der Waals surface area contributed by atoms with E-state index in [4.69, 9.17) is 4.74 Å². The van der Waals surface area contributed by atoms with Crippen LogP contribution in [0.4, 0.5) is 4.79 Å². The van der Waals surface area contributed by atoms with Gasteiger partial charge in [-0.1, -0.05) is 60.7 Å². The first kappa shape index (κ1) is 29.7. The highest BCUT2D eigenvalue weighted by molar-refractivity contribution is 5.93. The number of hydrogen-bond acceptors (Lipinski definition) is 5. The molecular formula is C30H39N3O6. The highest BCUT2D eigenvalue weighted by Crippen LogP contribution is 2.23. The van der Waals surface area contributed by atoms with Crippen molar-refractivity contribution in [3.63, 3.8) is 0 Å². The van der Waals surface area contributed by atoms with Crippen molar-refractivity contribution in [3.05, 3.63) is 71.8 Å². The third kappa shape index (κ3) is 7.81. The topological polar surface area (TPSA) is 107 Å². The molecule has 0 aliphatic carbocycles. The van der Waals surface area contributed by atoms with Crippen LogP contribution in [0, 0.1) is 0 Å². The number of hydrogen-bond donors (Lipinski definition) is 1. The summed E-state index contributed by atoms with van der Waals surface area (Å²) >= 11 is 0. The summed E-state index contributed by atoms with van der Waals surface area (Å²) in [5, 5.41) is 9.70. The molecule has 1 aliphatic heterocycles. The van der Waals surface area contributed by atoms with E-state index < -0.39 is 47.6 Å². The molecule has 2 aromatic rings. The Kier molecular flexibility index (Phi) is 9.72. The molecule has 1 saturated heterocycles. The predicted octanol–water partition coefficient (Wildman–Crippen LogP) is 3.61. The number of carboxylic acid groups (broad SMARTS) is 1. The second kappa shape index (κ2) is 12.8. The fraction of sp³-hybridized carbons (Fsp3) is 0.467. The number of nitrogens with zero attached hydrogens (tertiary/aromatic N) is 3. The van der Waals surface area contributed by atoms with E-state index in [-0.39, 0.29) is 12.8 Å². The highest BCUT2D eigenvalue weighted by atomic mass is 16.6. The Labute approximate surface area is 230 Å². The number of rotatable bonds is 9. The summed E-state index contributed by atoms with van der Waals surface area (Å²) in [6.45, 7) is 5.57. The van der Waals surface area contributed by atoms with Gasteiger partial charge in [0.2, 0.25) is 11.8 Å². The van der Waals surface area contributed by atoms with Crippen LogP contribution in [0.3, 0.4) is 0 Å². The molecule has 1 aliphatic rings. The van der Waals surface area contributed by atoms with Crippen LogP contribution in [-0.4, -0.2) is 88.0 Å². The van der Waals surface area contributed by atoms with E-state index in [0.717, 1.165) is 11.1 Å². The summed E-state index contributed by atoms with van der Waals surface area (Å²) in [6.07, 6.45) is 0.721. The standard InChI is InChI=1S/C30H39N3O6/c1-30(2,3)39-29(38)32(5)24(19-21-13-8-6-9-14-21)26(34)31(4)25(20-22-15-10-7-11-16-22)27(35)33-18-12-17-23(33)28(36)37/h6-11,13-16,23-25H,12,17-20H2,1-5H3,(H,36,37)/t23-,24-,25-/m0/s1. The second-order valence-electron chi connectivity index (χ2n) is 11.0. The van der Waals surface area contributed by atoms with Crippen LogP contribution in [0.15, 0.2) is 60.7 Å². The summed E-state index contributed by atoms with van der Waals surface area (Å²) in [4.78, 5) is 56.9. The lowest BCUT2D eigenvalue weighted by molar-refractivity contribution is -0.153. The molecule has 3 amide bonds. The average Bonchev–Trinajstić information content (AvgIpc) is 3.40. The minimum Gasteiger partial charge on any atom is -0.480 e. The Balaban J connectivity index is 1.96. The van der Waals surface area contributed by atoms with Crippen LogP contribution >= 0.6 is 0 Å². The molecule has 0 radical (unpaired) electrons. The van der Waals surface area contributed by atoms with E-state index in [9.17, 15) is 24.3 Å². The van der Waals surface area contributed by atoms with Crippen LogP contribution in [0.5, 0.6) is 0 Å². The Morgan fingerprint density at radius 3 is 1.90 bits per heavy atom. The van der Waals surface area contributed by atoms with E-state index in [1.165, 1.54) is 21.7 Å². The Morgan fingerprint density at radius 2 is 1.41 bits per heavy atom. The van der Waals surface area contributed by atoms with Crippen molar-refractivity contribution < 1.29 is 29.0 Å². The first-order chi connectivity index (χ1) is 18.4. The van der Waals surface area contributed by atoms with Crippen LogP contribution < -0.4 is 0 Å². The molecule has 1 fully saturated rings. The second-order valence-corrected chi connectivity index (χ2v) is 11.0. The van der Waals surface area contributed by atoms with Crippen LogP contribution in [-0.2, 0) is 32.0 Å². The molecule has 39 heavy (non-hydrogen) atoms. The number of carbonyl (C=O) groups is 4. The zero-order valence-corrected chi connectivity index (χ0v) is 23.4. The first-order valence-electron chi connectivity index (χ1n) is 13.2. The van der Waals surface area contributed by atoms with E-state index in [0.29, 0.717) is 19.4 Å². The molecule has 210 valence electrons. The van der Waals surface area contributed by atoms with E-state index in [1.807, 2.05) is 60.7 Å². The van der Waals surface area contributed by atoms with Crippen LogP contribution in [0.25, 0.3) is 0 Å². The van der Waals surface area contributed by atoms with Gasteiger partial charge in [-0.2, -0.15) is 0 Å². The molecule has 1 heterocycles. The normalized spacial score (nSPS) is 16.7. The van der Waals surface area contributed by atoms with Crippen LogP contribution in [0.2, 0.25) is 0 Å². The van der Waals surface area contributed by atoms with Gasteiger partial charge in [-0.05, 0) is 44.7 Å². The van der Waals surface area contributed by atoms with E-state index in [2.05, 4.69) is 0 Å². The fourth-order valence-corrected chi connectivity index (χ4v) is 4.78. The van der Waals surface area contributed by atoms with Gasteiger partial charge in [0, 0.05) is 33.5 Å². The minimum absolute atomic E-state index is 0.207. The summed E-state index contributed by atoms with van der Waals surface area (Å²) < 4.78 is 5.55. The van der Waals surface area contributed by atoms with Crippen molar-refractivity contribution in [2.24, 2.45) is 0 Å². The van der Waals surface area contributed by atoms with Gasteiger partial charge in [0.1, 0.15) is 23.7 Å². The molecular weight excluding hydrogens is 498 g/mol. The van der Waals surface area contributed by atoms with Gasteiger partial charge in [0.15, 0.2) is 0 Å². The van der Waals surface area contributed by atoms with Crippen molar-refractivity contribution in [2.45, 2.75) is 70.2 Å². The number of amides is 3. The summed E-state index contributed by atoms with van der Waals surface area (Å²) in [7, 11) is 3.06. The number of carboxylic acids is 1. The quantitative estimate of drug-likeness (QED) is 0.524. The number of carbonyl (C=O) groups excluding carboxylic acids is 3. The van der Waals surface area contributed by atoms with Crippen molar-refractivity contribution in [3.8, 4) is 0 Å². The SMILES string of the molecule is CN(C(=O)OC(C)(C)C)[C@@H](Cc1ccccc1)C(=O)N(C)[C@@H](Cc1ccccc1)C(=O)N1CCC[C@H]1C(=O)O. The summed E-state index contributed by atoms with van der Waals surface area (Å²) in [5.74, 6) is -1.91. The zero-order chi connectivity index (χ0) is 28.7. The monoisotopic (exact) mass is 537 g/mol. The van der Waals surface area contributed by atoms with Gasteiger partial charge in [0.25, 0.3) is 0 Å². The maximum atomic E-state index is 14.1. The third-order valence-electron chi connectivity index (χ3n) is 6.90.